The van der Waals surface area contributed by atoms with E-state index < -0.39 is 10.0 Å². The molecular weight excluding hydrogens is 416 g/mol. The van der Waals surface area contributed by atoms with E-state index in [2.05, 4.69) is 20.0 Å². The van der Waals surface area contributed by atoms with Gasteiger partial charge in [0, 0.05) is 24.0 Å². The van der Waals surface area contributed by atoms with E-state index in [1.165, 1.54) is 30.5 Å². The molecule has 3 rings (SSSR count). The van der Waals surface area contributed by atoms with Crippen LogP contribution in [0.5, 0.6) is 5.75 Å². The Morgan fingerprint density at radius 2 is 1.71 bits per heavy atom. The monoisotopic (exact) mass is 440 g/mol. The lowest BCUT2D eigenvalue weighted by atomic mass is 10.2. The lowest BCUT2D eigenvalue weighted by molar-refractivity contribution is -0.116. The van der Waals surface area contributed by atoms with Crippen LogP contribution in [0.3, 0.4) is 0 Å². The summed E-state index contributed by atoms with van der Waals surface area (Å²) in [5.74, 6) is 0.604. The number of sulfonamides is 1. The van der Waals surface area contributed by atoms with Gasteiger partial charge in [0.1, 0.15) is 5.75 Å². The van der Waals surface area contributed by atoms with Gasteiger partial charge in [-0.25, -0.2) is 23.1 Å². The zero-order valence-electron chi connectivity index (χ0n) is 17.3. The molecular formula is C22H24N4O4S. The van der Waals surface area contributed by atoms with Crippen molar-refractivity contribution >= 4 is 27.6 Å². The van der Waals surface area contributed by atoms with Crippen molar-refractivity contribution in [2.75, 3.05) is 16.6 Å². The minimum atomic E-state index is -3.83. The number of rotatable bonds is 9. The first kappa shape index (κ1) is 22.2. The Morgan fingerprint density at radius 1 is 1.00 bits per heavy atom. The number of hydrogen-bond donors (Lipinski definition) is 2. The zero-order chi connectivity index (χ0) is 22.3. The first-order chi connectivity index (χ1) is 14.8. The number of hydrogen-bond acceptors (Lipinski definition) is 6. The van der Waals surface area contributed by atoms with Crippen molar-refractivity contribution in [3.63, 3.8) is 0 Å². The normalized spacial score (nSPS) is 11.0. The van der Waals surface area contributed by atoms with Crippen molar-refractivity contribution < 1.29 is 17.9 Å². The highest BCUT2D eigenvalue weighted by Crippen LogP contribution is 2.17. The fourth-order valence-corrected chi connectivity index (χ4v) is 3.63. The Bertz CT molecular complexity index is 1130. The molecule has 162 valence electrons. The smallest absolute Gasteiger partial charge is 0.264 e. The number of carbonyl (C=O) groups excluding carboxylic acids is 1. The highest BCUT2D eigenvalue weighted by atomic mass is 32.2. The highest BCUT2D eigenvalue weighted by Gasteiger charge is 2.16. The second-order valence-corrected chi connectivity index (χ2v) is 8.65. The van der Waals surface area contributed by atoms with Gasteiger partial charge in [-0.2, -0.15) is 0 Å². The zero-order valence-corrected chi connectivity index (χ0v) is 18.1. The molecule has 1 amide bonds. The van der Waals surface area contributed by atoms with E-state index in [1.807, 2.05) is 31.2 Å². The van der Waals surface area contributed by atoms with Gasteiger partial charge in [-0.05, 0) is 62.7 Å². The Hall–Kier alpha value is -3.46. The number of benzene rings is 2. The summed E-state index contributed by atoms with van der Waals surface area (Å²) >= 11 is 0. The second-order valence-electron chi connectivity index (χ2n) is 6.96. The van der Waals surface area contributed by atoms with E-state index in [0.717, 1.165) is 11.3 Å². The molecule has 1 heterocycles. The summed E-state index contributed by atoms with van der Waals surface area (Å²) in [4.78, 5) is 20.1. The topological polar surface area (TPSA) is 110 Å². The molecule has 0 atom stereocenters. The van der Waals surface area contributed by atoms with Crippen LogP contribution in [0.2, 0.25) is 0 Å². The second kappa shape index (κ2) is 10.0. The van der Waals surface area contributed by atoms with E-state index in [0.29, 0.717) is 24.4 Å². The van der Waals surface area contributed by atoms with Crippen molar-refractivity contribution in [2.45, 2.75) is 31.6 Å². The Kier molecular flexibility index (Phi) is 7.19. The Labute approximate surface area is 181 Å². The number of carbonyl (C=O) groups is 1. The summed E-state index contributed by atoms with van der Waals surface area (Å²) in [5.41, 5.74) is 2.31. The third-order valence-electron chi connectivity index (χ3n) is 4.31. The SMILES string of the molecule is Cc1ccc(OCCCC(=O)Nc2ccc(S(=O)(=O)Nc3nccc(C)n3)cc2)cc1. The number of nitrogens with one attached hydrogen (secondary N) is 2. The summed E-state index contributed by atoms with van der Waals surface area (Å²) in [6.07, 6.45) is 2.33. The highest BCUT2D eigenvalue weighted by molar-refractivity contribution is 7.92. The summed E-state index contributed by atoms with van der Waals surface area (Å²) < 4.78 is 32.9. The largest absolute Gasteiger partial charge is 0.494 e. The number of aromatic nitrogens is 2. The molecule has 9 heteroatoms. The molecule has 0 spiro atoms. The van der Waals surface area contributed by atoms with Crippen molar-refractivity contribution in [2.24, 2.45) is 0 Å². The van der Waals surface area contributed by atoms with Gasteiger partial charge in [-0.3, -0.25) is 4.79 Å². The van der Waals surface area contributed by atoms with Crippen LogP contribution in [0, 0.1) is 13.8 Å². The molecule has 0 fully saturated rings. The summed E-state index contributed by atoms with van der Waals surface area (Å²) in [6.45, 7) is 4.18. The van der Waals surface area contributed by atoms with Crippen LogP contribution in [-0.4, -0.2) is 30.9 Å². The molecule has 8 nitrogen and oxygen atoms in total. The van der Waals surface area contributed by atoms with Crippen LogP contribution in [0.25, 0.3) is 0 Å². The lowest BCUT2D eigenvalue weighted by Gasteiger charge is -2.09. The standard InChI is InChI=1S/C22H24N4O4S/c1-16-5-9-19(10-6-16)30-15-3-4-21(27)25-18-7-11-20(12-8-18)31(28,29)26-22-23-14-13-17(2)24-22/h5-14H,3-4,15H2,1-2H3,(H,25,27)(H,23,24,26). The molecule has 31 heavy (non-hydrogen) atoms. The quantitative estimate of drug-likeness (QED) is 0.491. The maximum absolute atomic E-state index is 12.5. The Balaban J connectivity index is 1.48. The molecule has 0 bridgehead atoms. The van der Waals surface area contributed by atoms with Crippen LogP contribution >= 0.6 is 0 Å². The molecule has 0 aliphatic heterocycles. The predicted octanol–water partition coefficient (Wildman–Crippen LogP) is 3.69. The van der Waals surface area contributed by atoms with Crippen LogP contribution < -0.4 is 14.8 Å². The average Bonchev–Trinajstić information content (AvgIpc) is 2.72. The predicted molar refractivity (Wildman–Crippen MR) is 119 cm³/mol. The molecule has 0 aliphatic rings. The minimum Gasteiger partial charge on any atom is -0.494 e. The maximum Gasteiger partial charge on any atom is 0.264 e. The van der Waals surface area contributed by atoms with Crippen molar-refractivity contribution in [3.05, 3.63) is 72.1 Å². The van der Waals surface area contributed by atoms with Crippen LogP contribution in [0.15, 0.2) is 65.7 Å². The minimum absolute atomic E-state index is 0.00485. The number of ether oxygens (including phenoxy) is 1. The number of nitrogens with zero attached hydrogens (tertiary/aromatic N) is 2. The van der Waals surface area contributed by atoms with E-state index in [-0.39, 0.29) is 23.2 Å². The molecule has 0 unspecified atom stereocenters. The van der Waals surface area contributed by atoms with Crippen molar-refractivity contribution in [3.8, 4) is 5.75 Å². The van der Waals surface area contributed by atoms with Crippen LogP contribution in [0.1, 0.15) is 24.1 Å². The van der Waals surface area contributed by atoms with Gasteiger partial charge in [0.15, 0.2) is 0 Å². The van der Waals surface area contributed by atoms with E-state index >= 15 is 0 Å². The molecule has 1 aromatic heterocycles. The van der Waals surface area contributed by atoms with Gasteiger partial charge >= 0.3 is 0 Å². The van der Waals surface area contributed by atoms with Crippen molar-refractivity contribution in [1.29, 1.82) is 0 Å². The Morgan fingerprint density at radius 3 is 2.39 bits per heavy atom. The average molecular weight is 441 g/mol. The molecule has 0 radical (unpaired) electrons. The van der Waals surface area contributed by atoms with Gasteiger partial charge in [-0.1, -0.05) is 17.7 Å². The van der Waals surface area contributed by atoms with Gasteiger partial charge in [0.2, 0.25) is 11.9 Å². The third kappa shape index (κ3) is 6.78. The van der Waals surface area contributed by atoms with Crippen LogP contribution in [-0.2, 0) is 14.8 Å². The summed E-state index contributed by atoms with van der Waals surface area (Å²) in [7, 11) is -3.83. The summed E-state index contributed by atoms with van der Waals surface area (Å²) in [5, 5.41) is 2.75. The maximum atomic E-state index is 12.5. The van der Waals surface area contributed by atoms with E-state index in [4.69, 9.17) is 4.74 Å². The first-order valence-electron chi connectivity index (χ1n) is 9.74. The van der Waals surface area contributed by atoms with Crippen molar-refractivity contribution in [1.82, 2.24) is 9.97 Å². The molecule has 2 N–H and O–H groups in total. The first-order valence-corrected chi connectivity index (χ1v) is 11.2. The van der Waals surface area contributed by atoms with Gasteiger partial charge in [-0.15, -0.1) is 0 Å². The molecule has 0 saturated heterocycles. The number of aryl methyl sites for hydroxylation is 2. The van der Waals surface area contributed by atoms with Gasteiger partial charge < -0.3 is 10.1 Å². The third-order valence-corrected chi connectivity index (χ3v) is 5.65. The lowest BCUT2D eigenvalue weighted by Crippen LogP contribution is -2.16. The van der Waals surface area contributed by atoms with Gasteiger partial charge in [0.25, 0.3) is 10.0 Å². The number of anilines is 2. The fraction of sp³-hybridized carbons (Fsp3) is 0.227. The molecule has 0 aliphatic carbocycles. The van der Waals surface area contributed by atoms with Gasteiger partial charge in [0.05, 0.1) is 11.5 Å². The summed E-state index contributed by atoms with van der Waals surface area (Å²) in [6, 6.07) is 15.3. The van der Waals surface area contributed by atoms with E-state index in [1.54, 1.807) is 13.0 Å². The van der Waals surface area contributed by atoms with E-state index in [9.17, 15) is 13.2 Å². The molecule has 0 saturated carbocycles. The number of amides is 1. The fourth-order valence-electron chi connectivity index (χ4n) is 2.68. The molecule has 2 aromatic carbocycles. The van der Waals surface area contributed by atoms with Crippen LogP contribution in [0.4, 0.5) is 11.6 Å². The molecule has 3 aromatic rings.